The molecule has 0 atom stereocenters. The Morgan fingerprint density at radius 3 is 2.88 bits per heavy atom. The van der Waals surface area contributed by atoms with Gasteiger partial charge in [0.25, 0.3) is 0 Å². The van der Waals surface area contributed by atoms with Crippen LogP contribution in [0.4, 0.5) is 5.82 Å². The van der Waals surface area contributed by atoms with E-state index in [-0.39, 0.29) is 0 Å². The van der Waals surface area contributed by atoms with E-state index in [0.29, 0.717) is 5.56 Å². The highest BCUT2D eigenvalue weighted by atomic mass is 16.4. The highest BCUT2D eigenvalue weighted by Gasteiger charge is 2.17. The average Bonchev–Trinajstić information content (AvgIpc) is 2.82. The average molecular weight is 234 g/mol. The standard InChI is InChI=1S/C13H18N2O2/c1-15(9-10-4-2-3-5-10)12-8-11(13(16)17)6-7-14-12/h6-8,10H,2-5,9H2,1H3,(H,16,17). The molecule has 0 amide bonds. The molecule has 1 aliphatic carbocycles. The number of aromatic nitrogens is 1. The molecule has 1 aliphatic rings. The van der Waals surface area contributed by atoms with Gasteiger partial charge in [-0.3, -0.25) is 0 Å². The summed E-state index contributed by atoms with van der Waals surface area (Å²) in [6, 6.07) is 3.16. The predicted molar refractivity (Wildman–Crippen MR) is 66.4 cm³/mol. The third kappa shape index (κ3) is 2.96. The van der Waals surface area contributed by atoms with Crippen LogP contribution in [0, 0.1) is 5.92 Å². The Morgan fingerprint density at radius 2 is 2.24 bits per heavy atom. The maximum atomic E-state index is 10.9. The summed E-state index contributed by atoms with van der Waals surface area (Å²) in [5.41, 5.74) is 0.299. The number of hydrogen-bond acceptors (Lipinski definition) is 3. The monoisotopic (exact) mass is 234 g/mol. The largest absolute Gasteiger partial charge is 0.478 e. The summed E-state index contributed by atoms with van der Waals surface area (Å²) in [7, 11) is 1.98. The minimum Gasteiger partial charge on any atom is -0.478 e. The first-order valence-electron chi connectivity index (χ1n) is 6.07. The molecule has 0 spiro atoms. The van der Waals surface area contributed by atoms with E-state index in [2.05, 4.69) is 9.88 Å². The first-order valence-corrected chi connectivity index (χ1v) is 6.07. The van der Waals surface area contributed by atoms with E-state index in [1.807, 2.05) is 7.05 Å². The molecule has 1 N–H and O–H groups in total. The van der Waals surface area contributed by atoms with Crippen LogP contribution < -0.4 is 4.90 Å². The number of hydrogen-bond donors (Lipinski definition) is 1. The Labute approximate surface area is 101 Å². The fraction of sp³-hybridized carbons (Fsp3) is 0.538. The summed E-state index contributed by atoms with van der Waals surface area (Å²) >= 11 is 0. The second-order valence-corrected chi connectivity index (χ2v) is 4.74. The molecule has 1 aromatic rings. The van der Waals surface area contributed by atoms with E-state index >= 15 is 0 Å². The third-order valence-electron chi connectivity index (χ3n) is 3.39. The molecule has 0 aromatic carbocycles. The highest BCUT2D eigenvalue weighted by molar-refractivity contribution is 5.88. The van der Waals surface area contributed by atoms with Crippen molar-refractivity contribution in [2.75, 3.05) is 18.5 Å². The molecule has 1 aromatic heterocycles. The Balaban J connectivity index is 2.04. The van der Waals surface area contributed by atoms with Crippen LogP contribution in [0.1, 0.15) is 36.0 Å². The van der Waals surface area contributed by atoms with Crippen LogP contribution in [0.2, 0.25) is 0 Å². The summed E-state index contributed by atoms with van der Waals surface area (Å²) in [4.78, 5) is 17.2. The molecule has 4 nitrogen and oxygen atoms in total. The van der Waals surface area contributed by atoms with E-state index in [1.165, 1.54) is 31.7 Å². The Bertz CT molecular complexity index is 400. The van der Waals surface area contributed by atoms with Gasteiger partial charge in [0.1, 0.15) is 5.82 Å². The Morgan fingerprint density at radius 1 is 1.53 bits per heavy atom. The zero-order valence-corrected chi connectivity index (χ0v) is 10.1. The van der Waals surface area contributed by atoms with Crippen LogP contribution in [-0.4, -0.2) is 29.7 Å². The zero-order chi connectivity index (χ0) is 12.3. The fourth-order valence-corrected chi connectivity index (χ4v) is 2.43. The van der Waals surface area contributed by atoms with Crippen molar-refractivity contribution < 1.29 is 9.90 Å². The molecule has 0 saturated heterocycles. The number of nitrogens with zero attached hydrogens (tertiary/aromatic N) is 2. The van der Waals surface area contributed by atoms with Crippen LogP contribution in [-0.2, 0) is 0 Å². The maximum absolute atomic E-state index is 10.9. The van der Waals surface area contributed by atoms with Crippen molar-refractivity contribution in [3.8, 4) is 0 Å². The molecular weight excluding hydrogens is 216 g/mol. The minimum absolute atomic E-state index is 0.299. The lowest BCUT2D eigenvalue weighted by Crippen LogP contribution is -2.25. The van der Waals surface area contributed by atoms with Crippen molar-refractivity contribution in [2.24, 2.45) is 5.92 Å². The number of rotatable bonds is 4. The van der Waals surface area contributed by atoms with E-state index in [4.69, 9.17) is 5.11 Å². The number of carboxylic acid groups (broad SMARTS) is 1. The first-order chi connectivity index (χ1) is 8.16. The molecule has 92 valence electrons. The van der Waals surface area contributed by atoms with Crippen molar-refractivity contribution in [3.05, 3.63) is 23.9 Å². The van der Waals surface area contributed by atoms with E-state index in [0.717, 1.165) is 18.3 Å². The van der Waals surface area contributed by atoms with Crippen molar-refractivity contribution in [1.82, 2.24) is 4.98 Å². The van der Waals surface area contributed by atoms with Gasteiger partial charge in [-0.1, -0.05) is 12.8 Å². The number of anilines is 1. The van der Waals surface area contributed by atoms with Crippen molar-refractivity contribution in [1.29, 1.82) is 0 Å². The lowest BCUT2D eigenvalue weighted by Gasteiger charge is -2.22. The van der Waals surface area contributed by atoms with Gasteiger partial charge < -0.3 is 10.0 Å². The molecule has 1 heterocycles. The summed E-state index contributed by atoms with van der Waals surface area (Å²) < 4.78 is 0. The molecule has 2 rings (SSSR count). The van der Waals surface area contributed by atoms with Gasteiger partial charge in [0, 0.05) is 19.8 Å². The second kappa shape index (κ2) is 5.17. The number of carbonyl (C=O) groups is 1. The molecule has 1 fully saturated rings. The first kappa shape index (κ1) is 11.9. The van der Waals surface area contributed by atoms with Crippen molar-refractivity contribution in [3.63, 3.8) is 0 Å². The summed E-state index contributed by atoms with van der Waals surface area (Å²) in [5.74, 6) is 0.579. The van der Waals surface area contributed by atoms with Crippen LogP contribution in [0.3, 0.4) is 0 Å². The van der Waals surface area contributed by atoms with Gasteiger partial charge in [-0.15, -0.1) is 0 Å². The minimum atomic E-state index is -0.900. The molecule has 0 unspecified atom stereocenters. The van der Waals surface area contributed by atoms with Gasteiger partial charge in [-0.25, -0.2) is 9.78 Å². The van der Waals surface area contributed by atoms with Crippen LogP contribution in [0.15, 0.2) is 18.3 Å². The van der Waals surface area contributed by atoms with Crippen LogP contribution >= 0.6 is 0 Å². The normalized spacial score (nSPS) is 16.1. The van der Waals surface area contributed by atoms with Crippen molar-refractivity contribution >= 4 is 11.8 Å². The topological polar surface area (TPSA) is 53.4 Å². The lowest BCUT2D eigenvalue weighted by molar-refractivity contribution is 0.0697. The lowest BCUT2D eigenvalue weighted by atomic mass is 10.1. The number of pyridine rings is 1. The number of carboxylic acids is 1. The summed E-state index contributed by atoms with van der Waals surface area (Å²) in [6.07, 6.45) is 6.76. The molecule has 0 radical (unpaired) electrons. The molecule has 1 saturated carbocycles. The van der Waals surface area contributed by atoms with E-state index in [9.17, 15) is 4.79 Å². The zero-order valence-electron chi connectivity index (χ0n) is 10.1. The fourth-order valence-electron chi connectivity index (χ4n) is 2.43. The second-order valence-electron chi connectivity index (χ2n) is 4.74. The van der Waals surface area contributed by atoms with Crippen LogP contribution in [0.5, 0.6) is 0 Å². The highest BCUT2D eigenvalue weighted by Crippen LogP contribution is 2.26. The number of aromatic carboxylic acids is 1. The van der Waals surface area contributed by atoms with Gasteiger partial charge in [-0.05, 0) is 30.9 Å². The van der Waals surface area contributed by atoms with E-state index in [1.54, 1.807) is 12.3 Å². The molecular formula is C13H18N2O2. The molecule has 0 aliphatic heterocycles. The Kier molecular flexibility index (Phi) is 3.61. The van der Waals surface area contributed by atoms with E-state index < -0.39 is 5.97 Å². The SMILES string of the molecule is CN(CC1CCCC1)c1cc(C(=O)O)ccn1. The van der Waals surface area contributed by atoms with Crippen molar-refractivity contribution in [2.45, 2.75) is 25.7 Å². The Hall–Kier alpha value is -1.58. The van der Waals surface area contributed by atoms with Gasteiger partial charge in [0.15, 0.2) is 0 Å². The van der Waals surface area contributed by atoms with Gasteiger partial charge >= 0.3 is 5.97 Å². The van der Waals surface area contributed by atoms with Gasteiger partial charge in [0.2, 0.25) is 0 Å². The predicted octanol–water partition coefficient (Wildman–Crippen LogP) is 2.41. The van der Waals surface area contributed by atoms with Crippen LogP contribution in [0.25, 0.3) is 0 Å². The molecule has 0 bridgehead atoms. The molecule has 17 heavy (non-hydrogen) atoms. The summed E-state index contributed by atoms with van der Waals surface area (Å²) in [5, 5.41) is 8.93. The molecule has 4 heteroatoms. The maximum Gasteiger partial charge on any atom is 0.335 e. The summed E-state index contributed by atoms with van der Waals surface area (Å²) in [6.45, 7) is 0.968. The van der Waals surface area contributed by atoms with Gasteiger partial charge in [-0.2, -0.15) is 0 Å². The van der Waals surface area contributed by atoms with Gasteiger partial charge in [0.05, 0.1) is 5.56 Å². The third-order valence-corrected chi connectivity index (χ3v) is 3.39. The quantitative estimate of drug-likeness (QED) is 0.869. The smallest absolute Gasteiger partial charge is 0.335 e.